The number of amides is 2. The van der Waals surface area contributed by atoms with Crippen molar-refractivity contribution < 1.29 is 19.1 Å². The van der Waals surface area contributed by atoms with Gasteiger partial charge < -0.3 is 14.8 Å². The van der Waals surface area contributed by atoms with E-state index in [-0.39, 0.29) is 24.3 Å². The number of hydrogen-bond donors (Lipinski definition) is 2. The summed E-state index contributed by atoms with van der Waals surface area (Å²) in [6.07, 6.45) is 2.04. The molecule has 0 radical (unpaired) electrons. The van der Waals surface area contributed by atoms with Crippen LogP contribution in [0.25, 0.3) is 0 Å². The Morgan fingerprint density at radius 1 is 1.23 bits per heavy atom. The third-order valence-corrected chi connectivity index (χ3v) is 3.99. The van der Waals surface area contributed by atoms with Crippen LogP contribution < -0.4 is 15.4 Å². The van der Waals surface area contributed by atoms with Crippen LogP contribution in [0.4, 0.5) is 10.8 Å². The Morgan fingerprint density at radius 2 is 2.04 bits per heavy atom. The quantitative estimate of drug-likeness (QED) is 0.654. The van der Waals surface area contributed by atoms with Crippen molar-refractivity contribution in [2.45, 2.75) is 20.3 Å². The van der Waals surface area contributed by atoms with Gasteiger partial charge >= 0.3 is 0 Å². The van der Waals surface area contributed by atoms with Crippen molar-refractivity contribution in [3.8, 4) is 5.75 Å². The number of hydrogen-bond acceptors (Lipinski definition) is 6. The summed E-state index contributed by atoms with van der Waals surface area (Å²) in [7, 11) is 1.57. The number of rotatable bonds is 9. The van der Waals surface area contributed by atoms with E-state index in [2.05, 4.69) is 15.6 Å². The fraction of sp³-hybridized carbons (Fsp3) is 0.389. The van der Waals surface area contributed by atoms with Gasteiger partial charge in [-0.1, -0.05) is 13.8 Å². The minimum Gasteiger partial charge on any atom is -0.490 e. The van der Waals surface area contributed by atoms with Gasteiger partial charge in [-0.05, 0) is 18.1 Å². The third kappa shape index (κ3) is 6.12. The zero-order valence-electron chi connectivity index (χ0n) is 15.1. The Kier molecular flexibility index (Phi) is 7.55. The summed E-state index contributed by atoms with van der Waals surface area (Å²) >= 11 is 1.33. The predicted octanol–water partition coefficient (Wildman–Crippen LogP) is 3.41. The summed E-state index contributed by atoms with van der Waals surface area (Å²) in [5.41, 5.74) is 0.937. The van der Waals surface area contributed by atoms with Crippen molar-refractivity contribution in [1.29, 1.82) is 0 Å². The molecule has 0 unspecified atom stereocenters. The molecule has 1 aromatic heterocycles. The zero-order chi connectivity index (χ0) is 18.9. The van der Waals surface area contributed by atoms with Gasteiger partial charge in [-0.15, -0.1) is 11.3 Å². The Labute approximate surface area is 156 Å². The van der Waals surface area contributed by atoms with Gasteiger partial charge in [-0.3, -0.25) is 14.9 Å². The summed E-state index contributed by atoms with van der Waals surface area (Å²) in [6, 6.07) is 4.94. The molecule has 8 heteroatoms. The SMILES string of the molecule is COCCOc1cc(NC(=O)CC(C)C)ccc1C(=O)Nc1nccs1. The highest BCUT2D eigenvalue weighted by Gasteiger charge is 2.16. The van der Waals surface area contributed by atoms with E-state index in [1.54, 1.807) is 36.9 Å². The number of methoxy groups -OCH3 is 1. The molecular weight excluding hydrogens is 354 g/mol. The molecule has 0 fully saturated rings. The third-order valence-electron chi connectivity index (χ3n) is 3.30. The van der Waals surface area contributed by atoms with Crippen LogP contribution in [-0.2, 0) is 9.53 Å². The molecule has 0 aliphatic heterocycles. The second-order valence-corrected chi connectivity index (χ2v) is 6.88. The lowest BCUT2D eigenvalue weighted by Gasteiger charge is -2.14. The first-order chi connectivity index (χ1) is 12.5. The largest absolute Gasteiger partial charge is 0.490 e. The topological polar surface area (TPSA) is 89.5 Å². The highest BCUT2D eigenvalue weighted by atomic mass is 32.1. The molecule has 0 atom stereocenters. The van der Waals surface area contributed by atoms with Crippen molar-refractivity contribution in [2.24, 2.45) is 5.92 Å². The van der Waals surface area contributed by atoms with Gasteiger partial charge in [0.15, 0.2) is 5.13 Å². The molecule has 0 bridgehead atoms. The van der Waals surface area contributed by atoms with Crippen LogP contribution in [0, 0.1) is 5.92 Å². The van der Waals surface area contributed by atoms with E-state index in [0.717, 1.165) is 0 Å². The van der Waals surface area contributed by atoms with Crippen LogP contribution in [0.2, 0.25) is 0 Å². The first kappa shape index (κ1) is 19.9. The molecule has 2 amide bonds. The van der Waals surface area contributed by atoms with E-state index in [9.17, 15) is 9.59 Å². The Bertz CT molecular complexity index is 732. The van der Waals surface area contributed by atoms with E-state index in [0.29, 0.717) is 35.2 Å². The van der Waals surface area contributed by atoms with E-state index in [1.165, 1.54) is 11.3 Å². The van der Waals surface area contributed by atoms with Crippen LogP contribution in [0.3, 0.4) is 0 Å². The van der Waals surface area contributed by atoms with Gasteiger partial charge in [0.2, 0.25) is 5.91 Å². The fourth-order valence-corrected chi connectivity index (χ4v) is 2.70. The molecular formula is C18H23N3O4S. The van der Waals surface area contributed by atoms with E-state index in [1.807, 2.05) is 13.8 Å². The lowest BCUT2D eigenvalue weighted by Crippen LogP contribution is -2.17. The Balaban J connectivity index is 2.17. The number of thiazole rings is 1. The van der Waals surface area contributed by atoms with Gasteiger partial charge in [-0.2, -0.15) is 0 Å². The van der Waals surface area contributed by atoms with E-state index >= 15 is 0 Å². The van der Waals surface area contributed by atoms with E-state index in [4.69, 9.17) is 9.47 Å². The highest BCUT2D eigenvalue weighted by molar-refractivity contribution is 7.13. The summed E-state index contributed by atoms with van der Waals surface area (Å²) in [5.74, 6) is 0.226. The Morgan fingerprint density at radius 3 is 2.69 bits per heavy atom. The number of benzene rings is 1. The average molecular weight is 377 g/mol. The predicted molar refractivity (Wildman–Crippen MR) is 102 cm³/mol. The first-order valence-electron chi connectivity index (χ1n) is 8.26. The minimum absolute atomic E-state index is 0.0807. The molecule has 2 N–H and O–H groups in total. The zero-order valence-corrected chi connectivity index (χ0v) is 15.9. The highest BCUT2D eigenvalue weighted by Crippen LogP contribution is 2.25. The Hall–Kier alpha value is -2.45. The number of ether oxygens (including phenoxy) is 2. The number of aromatic nitrogens is 1. The number of carbonyl (C=O) groups excluding carboxylic acids is 2. The maximum absolute atomic E-state index is 12.5. The number of anilines is 2. The lowest BCUT2D eigenvalue weighted by molar-refractivity contribution is -0.116. The average Bonchev–Trinajstić information content (AvgIpc) is 3.07. The van der Waals surface area contributed by atoms with Crippen LogP contribution in [0.5, 0.6) is 5.75 Å². The number of nitrogens with zero attached hydrogens (tertiary/aromatic N) is 1. The van der Waals surface area contributed by atoms with Gasteiger partial charge in [0.25, 0.3) is 5.91 Å². The molecule has 0 aliphatic rings. The van der Waals surface area contributed by atoms with Crippen LogP contribution in [-0.4, -0.2) is 37.1 Å². The second-order valence-electron chi connectivity index (χ2n) is 5.99. The monoisotopic (exact) mass is 377 g/mol. The smallest absolute Gasteiger partial charge is 0.261 e. The van der Waals surface area contributed by atoms with Crippen LogP contribution in [0.15, 0.2) is 29.8 Å². The van der Waals surface area contributed by atoms with Crippen molar-refractivity contribution >= 4 is 34.0 Å². The molecule has 0 aliphatic carbocycles. The van der Waals surface area contributed by atoms with Crippen molar-refractivity contribution in [1.82, 2.24) is 4.98 Å². The summed E-state index contributed by atoms with van der Waals surface area (Å²) in [6.45, 7) is 4.63. The molecule has 0 spiro atoms. The molecule has 1 heterocycles. The lowest BCUT2D eigenvalue weighted by atomic mass is 10.1. The summed E-state index contributed by atoms with van der Waals surface area (Å²) in [4.78, 5) is 28.5. The van der Waals surface area contributed by atoms with Gasteiger partial charge in [0.05, 0.1) is 12.2 Å². The molecule has 7 nitrogen and oxygen atoms in total. The van der Waals surface area contributed by atoms with Gasteiger partial charge in [0, 0.05) is 36.9 Å². The molecule has 0 saturated heterocycles. The normalized spacial score (nSPS) is 10.6. The summed E-state index contributed by atoms with van der Waals surface area (Å²) in [5, 5.41) is 7.83. The molecule has 2 rings (SSSR count). The van der Waals surface area contributed by atoms with Crippen LogP contribution in [0.1, 0.15) is 30.6 Å². The van der Waals surface area contributed by atoms with Crippen molar-refractivity contribution in [2.75, 3.05) is 31.0 Å². The fourth-order valence-electron chi connectivity index (χ4n) is 2.17. The molecule has 1 aromatic carbocycles. The number of carbonyl (C=O) groups is 2. The minimum atomic E-state index is -0.326. The molecule has 26 heavy (non-hydrogen) atoms. The summed E-state index contributed by atoms with van der Waals surface area (Å²) < 4.78 is 10.7. The van der Waals surface area contributed by atoms with Crippen molar-refractivity contribution in [3.05, 3.63) is 35.3 Å². The molecule has 0 saturated carbocycles. The maximum atomic E-state index is 12.5. The van der Waals surface area contributed by atoms with Crippen LogP contribution >= 0.6 is 11.3 Å². The maximum Gasteiger partial charge on any atom is 0.261 e. The van der Waals surface area contributed by atoms with Crippen molar-refractivity contribution in [3.63, 3.8) is 0 Å². The number of nitrogens with one attached hydrogen (secondary N) is 2. The first-order valence-corrected chi connectivity index (χ1v) is 9.14. The van der Waals surface area contributed by atoms with Gasteiger partial charge in [-0.25, -0.2) is 4.98 Å². The molecule has 140 valence electrons. The molecule has 2 aromatic rings. The van der Waals surface area contributed by atoms with Gasteiger partial charge in [0.1, 0.15) is 12.4 Å². The second kappa shape index (κ2) is 9.88. The standard InChI is InChI=1S/C18H23N3O4S/c1-12(2)10-16(22)20-13-4-5-14(15(11-13)25-8-7-24-3)17(23)21-18-19-6-9-26-18/h4-6,9,11-12H,7-8,10H2,1-3H3,(H,20,22)(H,19,21,23). The van der Waals surface area contributed by atoms with E-state index < -0.39 is 0 Å².